The third kappa shape index (κ3) is 5.74. The lowest BCUT2D eigenvalue weighted by molar-refractivity contribution is 0.102. The Hall–Kier alpha value is -2.43. The SMILES string of the molecule is CCOc1ccc(NC(=O)c2nc(N(CC)CC)ncc2Cl)cc1S(=O)(=O)N1CCCCC1. The first-order valence-corrected chi connectivity index (χ1v) is 13.0. The van der Waals surface area contributed by atoms with E-state index in [1.165, 1.54) is 16.6 Å². The Kier molecular flexibility index (Phi) is 8.50. The molecule has 33 heavy (non-hydrogen) atoms. The lowest BCUT2D eigenvalue weighted by atomic mass is 10.2. The fraction of sp³-hybridized carbons (Fsp3) is 0.500. The number of hydrogen-bond acceptors (Lipinski definition) is 7. The van der Waals surface area contributed by atoms with E-state index in [1.54, 1.807) is 19.1 Å². The molecular weight excluding hydrogens is 466 g/mol. The van der Waals surface area contributed by atoms with Gasteiger partial charge < -0.3 is 15.0 Å². The minimum absolute atomic E-state index is 0.0166. The summed E-state index contributed by atoms with van der Waals surface area (Å²) in [6.07, 6.45) is 4.04. The van der Waals surface area contributed by atoms with Gasteiger partial charge in [-0.2, -0.15) is 4.31 Å². The molecular formula is C22H30ClN5O4S. The second kappa shape index (κ2) is 11.1. The molecule has 1 amide bonds. The Labute approximate surface area is 200 Å². The van der Waals surface area contributed by atoms with Crippen molar-refractivity contribution in [2.45, 2.75) is 44.9 Å². The van der Waals surface area contributed by atoms with E-state index >= 15 is 0 Å². The van der Waals surface area contributed by atoms with Crippen LogP contribution in [0.1, 0.15) is 50.5 Å². The van der Waals surface area contributed by atoms with Crippen LogP contribution in [0.4, 0.5) is 11.6 Å². The lowest BCUT2D eigenvalue weighted by Crippen LogP contribution is -2.35. The summed E-state index contributed by atoms with van der Waals surface area (Å²) in [7, 11) is -3.77. The quantitative estimate of drug-likeness (QED) is 0.564. The van der Waals surface area contributed by atoms with E-state index in [1.807, 2.05) is 18.7 Å². The summed E-state index contributed by atoms with van der Waals surface area (Å²) in [6.45, 7) is 8.32. The minimum atomic E-state index is -3.77. The predicted octanol–water partition coefficient (Wildman–Crippen LogP) is 3.80. The highest BCUT2D eigenvalue weighted by Crippen LogP contribution is 2.32. The van der Waals surface area contributed by atoms with Crippen LogP contribution in [0.25, 0.3) is 0 Å². The molecule has 1 aromatic carbocycles. The van der Waals surface area contributed by atoms with E-state index < -0.39 is 15.9 Å². The highest BCUT2D eigenvalue weighted by atomic mass is 35.5. The number of sulfonamides is 1. The van der Waals surface area contributed by atoms with Crippen LogP contribution in [0.2, 0.25) is 5.02 Å². The number of carbonyl (C=O) groups is 1. The van der Waals surface area contributed by atoms with Crippen LogP contribution in [-0.4, -0.2) is 61.4 Å². The molecule has 1 aliphatic rings. The topological polar surface area (TPSA) is 105 Å². The summed E-state index contributed by atoms with van der Waals surface area (Å²) >= 11 is 6.19. The summed E-state index contributed by atoms with van der Waals surface area (Å²) in [5.74, 6) is 0.0980. The molecule has 0 atom stereocenters. The van der Waals surface area contributed by atoms with Gasteiger partial charge in [-0.05, 0) is 51.8 Å². The van der Waals surface area contributed by atoms with Gasteiger partial charge in [0.05, 0.1) is 17.8 Å². The number of ether oxygens (including phenoxy) is 1. The fourth-order valence-corrected chi connectivity index (χ4v) is 5.52. The minimum Gasteiger partial charge on any atom is -0.492 e. The second-order valence-corrected chi connectivity index (χ2v) is 9.87. The molecule has 11 heteroatoms. The zero-order valence-electron chi connectivity index (χ0n) is 19.2. The Bertz CT molecular complexity index is 1090. The van der Waals surface area contributed by atoms with Crippen molar-refractivity contribution in [2.24, 2.45) is 0 Å². The lowest BCUT2D eigenvalue weighted by Gasteiger charge is -2.27. The average Bonchev–Trinajstić information content (AvgIpc) is 2.82. The largest absolute Gasteiger partial charge is 0.492 e. The third-order valence-corrected chi connectivity index (χ3v) is 7.62. The molecule has 1 saturated heterocycles. The van der Waals surface area contributed by atoms with Crippen molar-refractivity contribution in [3.63, 3.8) is 0 Å². The normalized spacial score (nSPS) is 14.7. The van der Waals surface area contributed by atoms with Gasteiger partial charge in [0.1, 0.15) is 10.6 Å². The average molecular weight is 496 g/mol. The van der Waals surface area contributed by atoms with Gasteiger partial charge in [0.2, 0.25) is 16.0 Å². The van der Waals surface area contributed by atoms with Gasteiger partial charge >= 0.3 is 0 Å². The fourth-order valence-electron chi connectivity index (χ4n) is 3.67. The molecule has 2 aromatic rings. The highest BCUT2D eigenvalue weighted by molar-refractivity contribution is 7.89. The van der Waals surface area contributed by atoms with E-state index in [-0.39, 0.29) is 21.4 Å². The molecule has 3 rings (SSSR count). The molecule has 0 saturated carbocycles. The number of carbonyl (C=O) groups excluding carboxylic acids is 1. The van der Waals surface area contributed by atoms with Crippen LogP contribution in [-0.2, 0) is 10.0 Å². The second-order valence-electron chi connectivity index (χ2n) is 7.55. The van der Waals surface area contributed by atoms with Gasteiger partial charge in [0, 0.05) is 31.9 Å². The van der Waals surface area contributed by atoms with Crippen LogP contribution in [0.15, 0.2) is 29.3 Å². The number of nitrogens with one attached hydrogen (secondary N) is 1. The molecule has 9 nitrogen and oxygen atoms in total. The number of hydrogen-bond donors (Lipinski definition) is 1. The number of nitrogens with zero attached hydrogens (tertiary/aromatic N) is 4. The van der Waals surface area contributed by atoms with Crippen molar-refractivity contribution in [2.75, 3.05) is 43.0 Å². The first-order valence-electron chi connectivity index (χ1n) is 11.2. The van der Waals surface area contributed by atoms with E-state index in [2.05, 4.69) is 15.3 Å². The van der Waals surface area contributed by atoms with Crippen LogP contribution in [0.5, 0.6) is 5.75 Å². The first-order chi connectivity index (χ1) is 15.8. The number of anilines is 2. The van der Waals surface area contributed by atoms with Crippen molar-refractivity contribution < 1.29 is 17.9 Å². The maximum Gasteiger partial charge on any atom is 0.276 e. The Morgan fingerprint density at radius 2 is 1.88 bits per heavy atom. The molecule has 0 radical (unpaired) electrons. The third-order valence-electron chi connectivity index (χ3n) is 5.43. The van der Waals surface area contributed by atoms with Gasteiger partial charge in [-0.1, -0.05) is 18.0 Å². The van der Waals surface area contributed by atoms with Crippen LogP contribution < -0.4 is 15.0 Å². The number of amides is 1. The van der Waals surface area contributed by atoms with E-state index in [0.29, 0.717) is 44.4 Å². The van der Waals surface area contributed by atoms with Gasteiger partial charge in [0.15, 0.2) is 5.69 Å². The molecule has 0 unspecified atom stereocenters. The zero-order chi connectivity index (χ0) is 24.0. The summed E-state index contributed by atoms with van der Waals surface area (Å²) in [5, 5.41) is 2.82. The number of halogens is 1. The molecule has 1 aromatic heterocycles. The van der Waals surface area contributed by atoms with E-state index in [0.717, 1.165) is 19.3 Å². The summed E-state index contributed by atoms with van der Waals surface area (Å²) in [5.41, 5.74) is 0.320. The zero-order valence-corrected chi connectivity index (χ0v) is 20.7. The standard InChI is InChI=1S/C22H30ClN5O4S/c1-4-27(5-2)22-24-15-17(23)20(26-22)21(29)25-16-10-11-18(32-6-3)19(14-16)33(30,31)28-12-8-7-9-13-28/h10-11,14-15H,4-9,12-13H2,1-3H3,(H,25,29). The molecule has 1 N–H and O–H groups in total. The van der Waals surface area contributed by atoms with Gasteiger partial charge in [-0.15, -0.1) is 0 Å². The van der Waals surface area contributed by atoms with Crippen molar-refractivity contribution in [1.29, 1.82) is 0 Å². The smallest absolute Gasteiger partial charge is 0.276 e. The number of piperidine rings is 1. The van der Waals surface area contributed by atoms with Crippen molar-refractivity contribution in [3.05, 3.63) is 35.1 Å². The maximum atomic E-state index is 13.3. The summed E-state index contributed by atoms with van der Waals surface area (Å²) < 4.78 is 33.7. The maximum absolute atomic E-state index is 13.3. The van der Waals surface area contributed by atoms with Crippen molar-refractivity contribution in [1.82, 2.24) is 14.3 Å². The van der Waals surface area contributed by atoms with Crippen molar-refractivity contribution in [3.8, 4) is 5.75 Å². The van der Waals surface area contributed by atoms with Gasteiger partial charge in [-0.3, -0.25) is 4.79 Å². The van der Waals surface area contributed by atoms with Crippen LogP contribution in [0, 0.1) is 0 Å². The summed E-state index contributed by atoms with van der Waals surface area (Å²) in [6, 6.07) is 4.57. The van der Waals surface area contributed by atoms with Crippen molar-refractivity contribution >= 4 is 39.2 Å². The van der Waals surface area contributed by atoms with Gasteiger partial charge in [-0.25, -0.2) is 18.4 Å². The Balaban J connectivity index is 1.92. The number of rotatable bonds is 9. The van der Waals surface area contributed by atoms with Crippen LogP contribution in [0.3, 0.4) is 0 Å². The van der Waals surface area contributed by atoms with Gasteiger partial charge in [0.25, 0.3) is 5.91 Å². The molecule has 0 aliphatic carbocycles. The monoisotopic (exact) mass is 495 g/mol. The first kappa shape index (κ1) is 25.2. The predicted molar refractivity (Wildman–Crippen MR) is 129 cm³/mol. The van der Waals surface area contributed by atoms with E-state index in [9.17, 15) is 13.2 Å². The molecule has 1 fully saturated rings. The summed E-state index contributed by atoms with van der Waals surface area (Å²) in [4.78, 5) is 23.4. The highest BCUT2D eigenvalue weighted by Gasteiger charge is 2.29. The number of aromatic nitrogens is 2. The van der Waals surface area contributed by atoms with Crippen LogP contribution >= 0.6 is 11.6 Å². The molecule has 0 bridgehead atoms. The molecule has 1 aliphatic heterocycles. The molecule has 2 heterocycles. The Morgan fingerprint density at radius 3 is 2.52 bits per heavy atom. The van der Waals surface area contributed by atoms with E-state index in [4.69, 9.17) is 16.3 Å². The number of benzene rings is 1. The molecule has 180 valence electrons. The Morgan fingerprint density at radius 1 is 1.18 bits per heavy atom. The molecule has 0 spiro atoms.